The Labute approximate surface area is 239 Å². The number of alkyl halides is 1. The van der Waals surface area contributed by atoms with Gasteiger partial charge in [0.2, 0.25) is 11.8 Å². The van der Waals surface area contributed by atoms with Crippen LogP contribution in [0.15, 0.2) is 66.0 Å². The minimum atomic E-state index is -4.03. The summed E-state index contributed by atoms with van der Waals surface area (Å²) in [4.78, 5) is 32.2. The van der Waals surface area contributed by atoms with E-state index < -0.39 is 15.8 Å². The minimum Gasteiger partial charge on any atom is -0.342 e. The molecule has 214 valence electrons. The Balaban J connectivity index is 1.43. The zero-order valence-electron chi connectivity index (χ0n) is 22.5. The highest BCUT2D eigenvalue weighted by molar-refractivity contribution is 7.90. The van der Waals surface area contributed by atoms with Gasteiger partial charge in [0.1, 0.15) is 16.6 Å². The van der Waals surface area contributed by atoms with Gasteiger partial charge in [-0.3, -0.25) is 14.6 Å². The second-order valence-corrected chi connectivity index (χ2v) is 12.0. The molecule has 0 bridgehead atoms. The quantitative estimate of drug-likeness (QED) is 0.364. The third-order valence-electron chi connectivity index (χ3n) is 7.27. The molecular formula is C28H33ClFN5O4S. The van der Waals surface area contributed by atoms with E-state index in [1.54, 1.807) is 35.0 Å². The maximum Gasteiger partial charge on any atom is 0.269 e. The van der Waals surface area contributed by atoms with E-state index in [9.17, 15) is 22.4 Å². The molecular weight excluding hydrogens is 557 g/mol. The molecule has 1 fully saturated rings. The van der Waals surface area contributed by atoms with Crippen LogP contribution in [-0.2, 0) is 26.2 Å². The molecule has 1 aliphatic heterocycles. The van der Waals surface area contributed by atoms with Gasteiger partial charge < -0.3 is 15.1 Å². The summed E-state index contributed by atoms with van der Waals surface area (Å²) in [6.45, 7) is 3.74. The summed E-state index contributed by atoms with van der Waals surface area (Å²) in [5, 5.41) is 3.29. The monoisotopic (exact) mass is 589 g/mol. The largest absolute Gasteiger partial charge is 0.342 e. The van der Waals surface area contributed by atoms with Crippen LogP contribution in [0.1, 0.15) is 25.3 Å². The van der Waals surface area contributed by atoms with Crippen molar-refractivity contribution in [1.82, 2.24) is 24.1 Å². The zero-order valence-corrected chi connectivity index (χ0v) is 24.0. The highest BCUT2D eigenvalue weighted by atomic mass is 35.5. The number of nitrogens with one attached hydrogen (secondary N) is 1. The van der Waals surface area contributed by atoms with E-state index in [2.05, 4.69) is 10.3 Å². The fraction of sp³-hybridized carbons (Fsp3) is 0.393. The van der Waals surface area contributed by atoms with Gasteiger partial charge in [0.05, 0.1) is 5.69 Å². The number of piperidine rings is 1. The van der Waals surface area contributed by atoms with E-state index in [-0.39, 0.29) is 45.8 Å². The normalized spacial score (nSPS) is 15.2. The van der Waals surface area contributed by atoms with Gasteiger partial charge in [-0.25, -0.2) is 16.8 Å². The number of carbonyl (C=O) groups excluding carboxylic acids is 2. The average Bonchev–Trinajstić information content (AvgIpc) is 3.41. The van der Waals surface area contributed by atoms with Crippen LogP contribution in [0.2, 0.25) is 0 Å². The molecule has 0 radical (unpaired) electrons. The summed E-state index contributed by atoms with van der Waals surface area (Å²) in [6.07, 6.45) is 5.42. The van der Waals surface area contributed by atoms with Gasteiger partial charge in [0.15, 0.2) is 0 Å². The molecule has 1 unspecified atom stereocenters. The molecule has 9 nitrogen and oxygen atoms in total. The molecule has 1 aromatic carbocycles. The Bertz CT molecular complexity index is 1440. The number of hydrogen-bond donors (Lipinski definition) is 1. The Hall–Kier alpha value is -3.28. The third-order valence-corrected chi connectivity index (χ3v) is 9.16. The molecule has 1 atom stereocenters. The molecule has 12 heteroatoms. The van der Waals surface area contributed by atoms with Crippen molar-refractivity contribution in [3.05, 3.63) is 72.4 Å². The van der Waals surface area contributed by atoms with Crippen LogP contribution in [0, 0.1) is 11.7 Å². The fourth-order valence-electron chi connectivity index (χ4n) is 4.80. The number of rotatable bonds is 10. The molecule has 0 aliphatic carbocycles. The Kier molecular flexibility index (Phi) is 9.60. The minimum absolute atomic E-state index is 0.00526. The topological polar surface area (TPSA) is 105 Å². The predicted octanol–water partition coefficient (Wildman–Crippen LogP) is 3.34. The van der Waals surface area contributed by atoms with Crippen molar-refractivity contribution in [1.29, 1.82) is 0 Å². The maximum absolute atomic E-state index is 14.7. The molecule has 3 heterocycles. The van der Waals surface area contributed by atoms with Gasteiger partial charge in [-0.2, -0.15) is 0 Å². The highest BCUT2D eigenvalue weighted by Crippen LogP contribution is 2.29. The van der Waals surface area contributed by atoms with Crippen LogP contribution < -0.4 is 5.32 Å². The van der Waals surface area contributed by atoms with Crippen molar-refractivity contribution < 1.29 is 22.4 Å². The lowest BCUT2D eigenvalue weighted by Gasteiger charge is -2.34. The first-order chi connectivity index (χ1) is 19.1. The van der Waals surface area contributed by atoms with E-state index >= 15 is 0 Å². The molecule has 4 rings (SSSR count). The lowest BCUT2D eigenvalue weighted by atomic mass is 9.95. The average molecular weight is 590 g/mol. The lowest BCUT2D eigenvalue weighted by molar-refractivity contribution is -0.140. The Morgan fingerprint density at radius 3 is 2.58 bits per heavy atom. The zero-order chi connectivity index (χ0) is 28.9. The summed E-state index contributed by atoms with van der Waals surface area (Å²) in [5.74, 6) is -0.820. The van der Waals surface area contributed by atoms with Crippen molar-refractivity contribution in [2.45, 2.75) is 37.2 Å². The number of likely N-dealkylation sites (N-methyl/N-ethyl adjacent to an activating group) is 1. The molecule has 40 heavy (non-hydrogen) atoms. The first kappa shape index (κ1) is 29.7. The molecule has 0 saturated carbocycles. The number of halogens is 2. The molecule has 3 aromatic rings. The SMILES string of the molecule is CC(CNCc1cc(-c2ccccc2F)n(S(=O)(=O)c2cccnc2)c1)N(C)C(=O)C1CCN(C(=O)CCl)CC1. The van der Waals surface area contributed by atoms with E-state index in [1.807, 2.05) is 6.92 Å². The number of aromatic nitrogens is 2. The van der Waals surface area contributed by atoms with Crippen LogP contribution in [-0.4, -0.2) is 77.6 Å². The maximum atomic E-state index is 14.7. The number of benzene rings is 1. The van der Waals surface area contributed by atoms with Gasteiger partial charge in [-0.05, 0) is 55.7 Å². The van der Waals surface area contributed by atoms with Crippen LogP contribution in [0.4, 0.5) is 4.39 Å². The summed E-state index contributed by atoms with van der Waals surface area (Å²) < 4.78 is 42.7. The first-order valence-electron chi connectivity index (χ1n) is 13.1. The van der Waals surface area contributed by atoms with E-state index in [4.69, 9.17) is 11.6 Å². The second kappa shape index (κ2) is 12.9. The predicted molar refractivity (Wildman–Crippen MR) is 151 cm³/mol. The first-order valence-corrected chi connectivity index (χ1v) is 15.0. The Morgan fingerprint density at radius 2 is 1.93 bits per heavy atom. The van der Waals surface area contributed by atoms with Crippen molar-refractivity contribution in [2.75, 3.05) is 32.6 Å². The number of nitrogens with zero attached hydrogens (tertiary/aromatic N) is 4. The lowest BCUT2D eigenvalue weighted by Crippen LogP contribution is -2.47. The van der Waals surface area contributed by atoms with Crippen molar-refractivity contribution in [2.24, 2.45) is 5.92 Å². The van der Waals surface area contributed by atoms with Gasteiger partial charge >= 0.3 is 0 Å². The standard InChI is InChI=1S/C28H33ClFN5O4S/c1-20(33(2)28(37)22-9-12-34(13-10-22)27(36)15-29)16-32-17-21-14-26(24-7-3-4-8-25(24)30)35(19-21)40(38,39)23-6-5-11-31-18-23/h3-8,11,14,18-20,22,32H,9-10,12-13,15-17H2,1-2H3. The van der Waals surface area contributed by atoms with Gasteiger partial charge in [0, 0.05) is 69.3 Å². The van der Waals surface area contributed by atoms with E-state index in [0.717, 1.165) is 3.97 Å². The third kappa shape index (κ3) is 6.54. The highest BCUT2D eigenvalue weighted by Gasteiger charge is 2.30. The number of amides is 2. The summed E-state index contributed by atoms with van der Waals surface area (Å²) in [6, 6.07) is 10.5. The molecule has 0 spiro atoms. The van der Waals surface area contributed by atoms with Crippen LogP contribution in [0.25, 0.3) is 11.3 Å². The molecule has 1 saturated heterocycles. The summed E-state index contributed by atoms with van der Waals surface area (Å²) in [5.41, 5.74) is 1.01. The van der Waals surface area contributed by atoms with E-state index in [1.165, 1.54) is 42.9 Å². The van der Waals surface area contributed by atoms with Crippen LogP contribution in [0.5, 0.6) is 0 Å². The molecule has 2 aromatic heterocycles. The Morgan fingerprint density at radius 1 is 1.20 bits per heavy atom. The van der Waals surface area contributed by atoms with Crippen molar-refractivity contribution in [3.63, 3.8) is 0 Å². The van der Waals surface area contributed by atoms with Crippen molar-refractivity contribution in [3.8, 4) is 11.3 Å². The summed E-state index contributed by atoms with van der Waals surface area (Å²) in [7, 11) is -2.27. The number of carbonyl (C=O) groups is 2. The smallest absolute Gasteiger partial charge is 0.269 e. The van der Waals surface area contributed by atoms with E-state index in [0.29, 0.717) is 44.6 Å². The molecule has 1 aliphatic rings. The van der Waals surface area contributed by atoms with Crippen molar-refractivity contribution >= 4 is 33.4 Å². The van der Waals surface area contributed by atoms with Gasteiger partial charge in [0.25, 0.3) is 10.0 Å². The van der Waals surface area contributed by atoms with Gasteiger partial charge in [-0.15, -0.1) is 11.6 Å². The van der Waals surface area contributed by atoms with Crippen LogP contribution >= 0.6 is 11.6 Å². The summed E-state index contributed by atoms with van der Waals surface area (Å²) >= 11 is 5.64. The molecule has 2 amide bonds. The van der Waals surface area contributed by atoms with Crippen LogP contribution in [0.3, 0.4) is 0 Å². The van der Waals surface area contributed by atoms with Gasteiger partial charge in [-0.1, -0.05) is 12.1 Å². The number of hydrogen-bond acceptors (Lipinski definition) is 6. The second-order valence-electron chi connectivity index (χ2n) is 9.92. The number of pyridine rings is 1. The number of likely N-dealkylation sites (tertiary alicyclic amines) is 1. The molecule has 1 N–H and O–H groups in total. The fourth-order valence-corrected chi connectivity index (χ4v) is 6.32.